The molecule has 6 heteroatoms. The Morgan fingerprint density at radius 2 is 2.13 bits per heavy atom. The minimum absolute atomic E-state index is 0.172. The highest BCUT2D eigenvalue weighted by atomic mass is 32.2. The van der Waals surface area contributed by atoms with Gasteiger partial charge in [0.1, 0.15) is 27.3 Å². The summed E-state index contributed by atoms with van der Waals surface area (Å²) in [7, 11) is -3.35. The van der Waals surface area contributed by atoms with Gasteiger partial charge in [0.2, 0.25) is 0 Å². The number of carbonyl (C=O) groups is 1. The van der Waals surface area contributed by atoms with Crippen LogP contribution in [0.15, 0.2) is 16.5 Å². The van der Waals surface area contributed by atoms with Crippen molar-refractivity contribution in [2.75, 3.05) is 12.0 Å². The molecule has 0 aliphatic carbocycles. The lowest BCUT2D eigenvalue weighted by atomic mass is 10.1. The van der Waals surface area contributed by atoms with Gasteiger partial charge in [0.25, 0.3) is 0 Å². The Labute approximate surface area is 87.6 Å². The number of hydrogen-bond donors (Lipinski definition) is 1. The molecule has 0 amide bonds. The predicted octanol–water partition coefficient (Wildman–Crippen LogP) is 0.801. The smallest absolute Gasteiger partial charge is 0.315 e. The maximum Gasteiger partial charge on any atom is 0.315 e. The maximum atomic E-state index is 11.0. The van der Waals surface area contributed by atoms with E-state index in [1.165, 1.54) is 6.07 Å². The van der Waals surface area contributed by atoms with Crippen molar-refractivity contribution in [3.05, 3.63) is 23.7 Å². The van der Waals surface area contributed by atoms with E-state index >= 15 is 0 Å². The number of furan rings is 1. The molecule has 0 aliphatic heterocycles. The normalized spacial score (nSPS) is 13.7. The van der Waals surface area contributed by atoms with Crippen LogP contribution in [0.4, 0.5) is 0 Å². The minimum atomic E-state index is -3.35. The van der Waals surface area contributed by atoms with E-state index in [-0.39, 0.29) is 5.76 Å². The third kappa shape index (κ3) is 3.39. The number of aliphatic carboxylic acids is 1. The number of carboxylic acids is 1. The minimum Gasteiger partial charge on any atom is -0.481 e. The molecule has 0 aliphatic rings. The quantitative estimate of drug-likeness (QED) is 0.830. The van der Waals surface area contributed by atoms with Crippen LogP contribution in [0.5, 0.6) is 0 Å². The van der Waals surface area contributed by atoms with Crippen molar-refractivity contribution >= 4 is 15.8 Å². The van der Waals surface area contributed by atoms with Crippen molar-refractivity contribution in [2.24, 2.45) is 0 Å². The summed E-state index contributed by atoms with van der Waals surface area (Å²) >= 11 is 0. The van der Waals surface area contributed by atoms with E-state index in [1.54, 1.807) is 13.0 Å². The van der Waals surface area contributed by atoms with Crippen LogP contribution < -0.4 is 0 Å². The maximum absolute atomic E-state index is 11.0. The van der Waals surface area contributed by atoms with Crippen LogP contribution in [-0.2, 0) is 14.6 Å². The summed E-state index contributed by atoms with van der Waals surface area (Å²) in [6.07, 6.45) is 0.999. The lowest BCUT2D eigenvalue weighted by molar-refractivity contribution is -0.138. The molecule has 1 N–H and O–H groups in total. The predicted molar refractivity (Wildman–Crippen MR) is 53.5 cm³/mol. The highest BCUT2D eigenvalue weighted by molar-refractivity contribution is 7.90. The summed E-state index contributed by atoms with van der Waals surface area (Å²) in [6.45, 7) is 1.67. The summed E-state index contributed by atoms with van der Waals surface area (Å²) in [5.41, 5.74) is 0. The molecule has 1 heterocycles. The second kappa shape index (κ2) is 4.06. The number of rotatable bonds is 4. The third-order valence-electron chi connectivity index (χ3n) is 1.87. The van der Waals surface area contributed by atoms with Gasteiger partial charge >= 0.3 is 5.97 Å². The van der Waals surface area contributed by atoms with Crippen LogP contribution in [0.25, 0.3) is 0 Å². The number of aryl methyl sites for hydroxylation is 1. The molecule has 0 spiro atoms. The standard InChI is InChI=1S/C9H12O5S/c1-6-3-4-8(14-6)7(9(10)11)5-15(2,12)13/h3-4,7H,5H2,1-2H3,(H,10,11). The van der Waals surface area contributed by atoms with E-state index < -0.39 is 27.5 Å². The molecule has 15 heavy (non-hydrogen) atoms. The SMILES string of the molecule is Cc1ccc(C(CS(C)(=O)=O)C(=O)O)o1. The van der Waals surface area contributed by atoms with E-state index in [4.69, 9.17) is 9.52 Å². The molecule has 0 radical (unpaired) electrons. The molecular weight excluding hydrogens is 220 g/mol. The molecule has 5 nitrogen and oxygen atoms in total. The molecule has 1 atom stereocenters. The molecule has 1 aromatic heterocycles. The summed E-state index contributed by atoms with van der Waals surface area (Å²) in [5, 5.41) is 8.87. The van der Waals surface area contributed by atoms with Crippen molar-refractivity contribution in [3.63, 3.8) is 0 Å². The van der Waals surface area contributed by atoms with E-state index in [0.717, 1.165) is 6.26 Å². The number of carboxylic acid groups (broad SMARTS) is 1. The van der Waals surface area contributed by atoms with Crippen molar-refractivity contribution in [2.45, 2.75) is 12.8 Å². The van der Waals surface area contributed by atoms with Crippen molar-refractivity contribution < 1.29 is 22.7 Å². The van der Waals surface area contributed by atoms with E-state index in [2.05, 4.69) is 0 Å². The summed E-state index contributed by atoms with van der Waals surface area (Å²) in [6, 6.07) is 3.09. The van der Waals surface area contributed by atoms with Crippen LogP contribution >= 0.6 is 0 Å². The molecular formula is C9H12O5S. The van der Waals surface area contributed by atoms with Gasteiger partial charge in [0.05, 0.1) is 5.75 Å². The summed E-state index contributed by atoms with van der Waals surface area (Å²) in [4.78, 5) is 10.9. The van der Waals surface area contributed by atoms with Gasteiger partial charge in [-0.1, -0.05) is 0 Å². The van der Waals surface area contributed by atoms with Gasteiger partial charge < -0.3 is 9.52 Å². The fourth-order valence-electron chi connectivity index (χ4n) is 1.22. The first kappa shape index (κ1) is 11.8. The van der Waals surface area contributed by atoms with E-state index in [9.17, 15) is 13.2 Å². The monoisotopic (exact) mass is 232 g/mol. The molecule has 0 aromatic carbocycles. The molecule has 1 aromatic rings. The highest BCUT2D eigenvalue weighted by Crippen LogP contribution is 2.20. The van der Waals surface area contributed by atoms with Crippen LogP contribution in [0.3, 0.4) is 0 Å². The molecule has 1 rings (SSSR count). The zero-order valence-corrected chi connectivity index (χ0v) is 9.24. The lowest BCUT2D eigenvalue weighted by Crippen LogP contribution is -2.20. The first-order valence-electron chi connectivity index (χ1n) is 4.26. The zero-order valence-electron chi connectivity index (χ0n) is 8.43. The average Bonchev–Trinajstić information content (AvgIpc) is 2.45. The fourth-order valence-corrected chi connectivity index (χ4v) is 2.13. The van der Waals surface area contributed by atoms with Gasteiger partial charge in [-0.3, -0.25) is 4.79 Å². The van der Waals surface area contributed by atoms with Crippen molar-refractivity contribution in [1.29, 1.82) is 0 Å². The lowest BCUT2D eigenvalue weighted by Gasteiger charge is -2.07. The first-order valence-corrected chi connectivity index (χ1v) is 6.32. The van der Waals surface area contributed by atoms with Crippen LogP contribution in [-0.4, -0.2) is 31.5 Å². The van der Waals surface area contributed by atoms with Crippen LogP contribution in [0.2, 0.25) is 0 Å². The largest absolute Gasteiger partial charge is 0.481 e. The highest BCUT2D eigenvalue weighted by Gasteiger charge is 2.27. The first-order chi connectivity index (χ1) is 6.79. The van der Waals surface area contributed by atoms with Crippen molar-refractivity contribution in [1.82, 2.24) is 0 Å². The van der Waals surface area contributed by atoms with Crippen LogP contribution in [0.1, 0.15) is 17.4 Å². The molecule has 1 unspecified atom stereocenters. The Hall–Kier alpha value is -1.30. The van der Waals surface area contributed by atoms with Gasteiger partial charge in [-0.25, -0.2) is 8.42 Å². The van der Waals surface area contributed by atoms with Crippen LogP contribution in [0, 0.1) is 6.92 Å². The zero-order chi connectivity index (χ0) is 11.6. The fraction of sp³-hybridized carbons (Fsp3) is 0.444. The number of sulfone groups is 1. The van der Waals surface area contributed by atoms with E-state index in [1.807, 2.05) is 0 Å². The Kier molecular flexibility index (Phi) is 3.18. The Bertz CT molecular complexity index is 457. The molecule has 0 saturated heterocycles. The van der Waals surface area contributed by atoms with Gasteiger partial charge in [-0.15, -0.1) is 0 Å². The van der Waals surface area contributed by atoms with Gasteiger partial charge in [0, 0.05) is 6.26 Å². The second-order valence-corrected chi connectivity index (χ2v) is 5.62. The molecule has 0 fully saturated rings. The van der Waals surface area contributed by atoms with E-state index in [0.29, 0.717) is 5.76 Å². The Morgan fingerprint density at radius 3 is 2.47 bits per heavy atom. The summed E-state index contributed by atoms with van der Waals surface area (Å²) in [5.74, 6) is -2.05. The molecule has 84 valence electrons. The number of hydrogen-bond acceptors (Lipinski definition) is 4. The van der Waals surface area contributed by atoms with Crippen molar-refractivity contribution in [3.8, 4) is 0 Å². The van der Waals surface area contributed by atoms with Gasteiger partial charge in [-0.2, -0.15) is 0 Å². The third-order valence-corrected chi connectivity index (χ3v) is 2.81. The Balaban J connectivity index is 2.99. The molecule has 0 saturated carbocycles. The Morgan fingerprint density at radius 1 is 1.53 bits per heavy atom. The van der Waals surface area contributed by atoms with Gasteiger partial charge in [-0.05, 0) is 19.1 Å². The topological polar surface area (TPSA) is 84.6 Å². The molecule has 0 bridgehead atoms. The van der Waals surface area contributed by atoms with Gasteiger partial charge in [0.15, 0.2) is 0 Å². The average molecular weight is 232 g/mol. The summed E-state index contributed by atoms with van der Waals surface area (Å²) < 4.78 is 27.2. The second-order valence-electron chi connectivity index (χ2n) is 3.43.